The van der Waals surface area contributed by atoms with Crippen molar-refractivity contribution < 1.29 is 22.7 Å². The molecule has 0 saturated carbocycles. The van der Waals surface area contributed by atoms with E-state index in [9.17, 15) is 18.0 Å². The van der Waals surface area contributed by atoms with Gasteiger partial charge in [0, 0.05) is 26.0 Å². The van der Waals surface area contributed by atoms with Gasteiger partial charge in [0.15, 0.2) is 0 Å². The van der Waals surface area contributed by atoms with Gasteiger partial charge in [-0.05, 0) is 66.2 Å². The Morgan fingerprint density at radius 1 is 0.900 bits per heavy atom. The molecule has 0 bridgehead atoms. The first kappa shape index (κ1) is 21.1. The first-order valence-electron chi connectivity index (χ1n) is 9.03. The highest BCUT2D eigenvalue weighted by Gasteiger charge is 2.30. The number of alkyl halides is 3. The van der Waals surface area contributed by atoms with Gasteiger partial charge in [-0.2, -0.15) is 13.2 Å². The van der Waals surface area contributed by atoms with E-state index < -0.39 is 17.7 Å². The Morgan fingerprint density at radius 3 is 2.03 bits per heavy atom. The van der Waals surface area contributed by atoms with Crippen molar-refractivity contribution in [3.05, 3.63) is 89.5 Å². The lowest BCUT2D eigenvalue weighted by Crippen LogP contribution is -2.09. The minimum Gasteiger partial charge on any atom is -0.423 e. The van der Waals surface area contributed by atoms with E-state index in [1.807, 2.05) is 43.3 Å². The van der Waals surface area contributed by atoms with E-state index in [0.29, 0.717) is 5.69 Å². The molecule has 3 rings (SSSR count). The summed E-state index contributed by atoms with van der Waals surface area (Å²) in [4.78, 5) is 18.6. The number of ether oxygens (including phenoxy) is 1. The molecule has 154 valence electrons. The Bertz CT molecular complexity index is 1020. The van der Waals surface area contributed by atoms with Crippen LogP contribution >= 0.6 is 0 Å². The normalized spacial score (nSPS) is 11.5. The van der Waals surface area contributed by atoms with Crippen molar-refractivity contribution in [3.8, 4) is 5.75 Å². The molecule has 0 atom stereocenters. The zero-order valence-electron chi connectivity index (χ0n) is 16.4. The Morgan fingerprint density at radius 2 is 1.50 bits per heavy atom. The van der Waals surface area contributed by atoms with Crippen LogP contribution < -0.4 is 9.64 Å². The summed E-state index contributed by atoms with van der Waals surface area (Å²) >= 11 is 0. The van der Waals surface area contributed by atoms with E-state index in [1.165, 1.54) is 0 Å². The van der Waals surface area contributed by atoms with Gasteiger partial charge in [0.05, 0.1) is 16.8 Å². The van der Waals surface area contributed by atoms with Crippen molar-refractivity contribution in [2.24, 2.45) is 4.99 Å². The SMILES string of the molecule is CN(C)c1ccc(C=Nc2ccc(C(=O)Oc3ccc(C(F)(F)F)cc3)cc2)cc1. The van der Waals surface area contributed by atoms with Crippen molar-refractivity contribution in [1.29, 1.82) is 0 Å². The second kappa shape index (κ2) is 8.82. The number of nitrogens with zero attached hydrogens (tertiary/aromatic N) is 2. The van der Waals surface area contributed by atoms with E-state index in [0.717, 1.165) is 35.5 Å². The smallest absolute Gasteiger partial charge is 0.416 e. The maximum absolute atomic E-state index is 12.6. The average molecular weight is 412 g/mol. The minimum atomic E-state index is -4.44. The van der Waals surface area contributed by atoms with Crippen LogP contribution in [0.5, 0.6) is 5.75 Å². The second-order valence-electron chi connectivity index (χ2n) is 6.70. The molecule has 3 aromatic carbocycles. The summed E-state index contributed by atoms with van der Waals surface area (Å²) < 4.78 is 42.9. The molecule has 30 heavy (non-hydrogen) atoms. The summed E-state index contributed by atoms with van der Waals surface area (Å²) in [5, 5.41) is 0. The molecule has 0 aliphatic rings. The zero-order valence-corrected chi connectivity index (χ0v) is 16.4. The zero-order chi connectivity index (χ0) is 21.7. The number of rotatable bonds is 5. The van der Waals surface area contributed by atoms with Gasteiger partial charge in [0.2, 0.25) is 0 Å². The van der Waals surface area contributed by atoms with Crippen LogP contribution in [0.2, 0.25) is 0 Å². The molecule has 0 radical (unpaired) electrons. The fourth-order valence-corrected chi connectivity index (χ4v) is 2.57. The van der Waals surface area contributed by atoms with Crippen LogP contribution in [-0.2, 0) is 6.18 Å². The third kappa shape index (κ3) is 5.47. The van der Waals surface area contributed by atoms with E-state index >= 15 is 0 Å². The third-order valence-electron chi connectivity index (χ3n) is 4.27. The fourth-order valence-electron chi connectivity index (χ4n) is 2.57. The van der Waals surface area contributed by atoms with Gasteiger partial charge in [-0.15, -0.1) is 0 Å². The first-order chi connectivity index (χ1) is 14.2. The molecule has 7 heteroatoms. The molecule has 4 nitrogen and oxygen atoms in total. The lowest BCUT2D eigenvalue weighted by atomic mass is 10.2. The molecule has 0 aliphatic heterocycles. The van der Waals surface area contributed by atoms with Gasteiger partial charge in [0.1, 0.15) is 5.75 Å². The van der Waals surface area contributed by atoms with Gasteiger partial charge < -0.3 is 9.64 Å². The highest BCUT2D eigenvalue weighted by atomic mass is 19.4. The van der Waals surface area contributed by atoms with Crippen molar-refractivity contribution >= 4 is 23.6 Å². The molecule has 0 unspecified atom stereocenters. The van der Waals surface area contributed by atoms with Crippen LogP contribution in [0.4, 0.5) is 24.5 Å². The Labute approximate surface area is 172 Å². The molecule has 0 fully saturated rings. The van der Waals surface area contributed by atoms with Gasteiger partial charge in [0.25, 0.3) is 0 Å². The highest BCUT2D eigenvalue weighted by molar-refractivity contribution is 5.91. The van der Waals surface area contributed by atoms with Gasteiger partial charge in [-0.1, -0.05) is 12.1 Å². The predicted octanol–water partition coefficient (Wildman–Crippen LogP) is 5.74. The van der Waals surface area contributed by atoms with Crippen molar-refractivity contribution in [1.82, 2.24) is 0 Å². The van der Waals surface area contributed by atoms with Crippen LogP contribution in [0.25, 0.3) is 0 Å². The van der Waals surface area contributed by atoms with E-state index in [4.69, 9.17) is 4.74 Å². The molecule has 0 heterocycles. The highest BCUT2D eigenvalue weighted by Crippen LogP contribution is 2.30. The second-order valence-corrected chi connectivity index (χ2v) is 6.70. The largest absolute Gasteiger partial charge is 0.423 e. The van der Waals surface area contributed by atoms with Gasteiger partial charge >= 0.3 is 12.1 Å². The summed E-state index contributed by atoms with van der Waals surface area (Å²) in [5.41, 5.74) is 2.14. The first-order valence-corrected chi connectivity index (χ1v) is 9.03. The molecular formula is C23H19F3N2O2. The standard InChI is InChI=1S/C23H19F3N2O2/c1-28(2)20-11-3-16(4-12-20)15-27-19-9-5-17(6-10-19)22(29)30-21-13-7-18(8-14-21)23(24,25)26/h3-15H,1-2H3. The molecule has 0 aliphatic carbocycles. The van der Waals surface area contributed by atoms with Gasteiger partial charge in [-0.3, -0.25) is 4.99 Å². The third-order valence-corrected chi connectivity index (χ3v) is 4.27. The summed E-state index contributed by atoms with van der Waals surface area (Å²) in [6, 6.07) is 18.3. The molecular weight excluding hydrogens is 393 g/mol. The average Bonchev–Trinajstić information content (AvgIpc) is 2.72. The lowest BCUT2D eigenvalue weighted by molar-refractivity contribution is -0.137. The van der Waals surface area contributed by atoms with Crippen LogP contribution in [0.15, 0.2) is 77.8 Å². The lowest BCUT2D eigenvalue weighted by Gasteiger charge is -2.11. The Balaban J connectivity index is 1.62. The van der Waals surface area contributed by atoms with Crippen molar-refractivity contribution in [2.45, 2.75) is 6.18 Å². The molecule has 0 N–H and O–H groups in total. The number of halogens is 3. The van der Waals surface area contributed by atoms with Crippen LogP contribution in [0.3, 0.4) is 0 Å². The molecule has 0 spiro atoms. The van der Waals surface area contributed by atoms with E-state index in [2.05, 4.69) is 4.99 Å². The number of benzene rings is 3. The minimum absolute atomic E-state index is 0.0382. The molecule has 0 saturated heterocycles. The summed E-state index contributed by atoms with van der Waals surface area (Å²) in [6.07, 6.45) is -2.72. The number of aliphatic imine (C=N–C) groups is 1. The monoisotopic (exact) mass is 412 g/mol. The fraction of sp³-hybridized carbons (Fsp3) is 0.130. The number of hydrogen-bond acceptors (Lipinski definition) is 4. The number of esters is 1. The number of carbonyl (C=O) groups excluding carboxylic acids is 1. The summed E-state index contributed by atoms with van der Waals surface area (Å²) in [5.74, 6) is -0.624. The maximum Gasteiger partial charge on any atom is 0.416 e. The van der Waals surface area contributed by atoms with E-state index in [1.54, 1.807) is 30.5 Å². The topological polar surface area (TPSA) is 41.9 Å². The summed E-state index contributed by atoms with van der Waals surface area (Å²) in [6.45, 7) is 0. The molecule has 0 amide bonds. The Kier molecular flexibility index (Phi) is 6.20. The molecule has 0 aromatic heterocycles. The molecule has 3 aromatic rings. The van der Waals surface area contributed by atoms with Crippen molar-refractivity contribution in [3.63, 3.8) is 0 Å². The Hall–Kier alpha value is -3.61. The predicted molar refractivity (Wildman–Crippen MR) is 111 cm³/mol. The van der Waals surface area contributed by atoms with Crippen LogP contribution in [-0.4, -0.2) is 26.3 Å². The number of carbonyl (C=O) groups is 1. The van der Waals surface area contributed by atoms with Crippen LogP contribution in [0.1, 0.15) is 21.5 Å². The van der Waals surface area contributed by atoms with Gasteiger partial charge in [-0.25, -0.2) is 4.79 Å². The van der Waals surface area contributed by atoms with Crippen molar-refractivity contribution in [2.75, 3.05) is 19.0 Å². The number of hydrogen-bond donors (Lipinski definition) is 0. The maximum atomic E-state index is 12.6. The number of anilines is 1. The van der Waals surface area contributed by atoms with E-state index in [-0.39, 0.29) is 11.3 Å². The quantitative estimate of drug-likeness (QED) is 0.305. The van der Waals surface area contributed by atoms with Crippen LogP contribution in [0, 0.1) is 0 Å². The summed E-state index contributed by atoms with van der Waals surface area (Å²) in [7, 11) is 3.93.